The van der Waals surface area contributed by atoms with Crippen molar-refractivity contribution in [2.24, 2.45) is 5.10 Å². The molecule has 0 saturated heterocycles. The first-order chi connectivity index (χ1) is 20.0. The van der Waals surface area contributed by atoms with Crippen LogP contribution >= 0.6 is 11.6 Å². The molecular formula is C31H20ClFN4O4. The van der Waals surface area contributed by atoms with Gasteiger partial charge in [-0.3, -0.25) is 9.59 Å². The van der Waals surface area contributed by atoms with Gasteiger partial charge in [0.25, 0.3) is 11.5 Å². The summed E-state index contributed by atoms with van der Waals surface area (Å²) in [6.07, 6.45) is 1.46. The molecular weight excluding hydrogens is 547 g/mol. The molecule has 0 saturated carbocycles. The third-order valence-corrected chi connectivity index (χ3v) is 6.48. The van der Waals surface area contributed by atoms with E-state index in [1.54, 1.807) is 48.5 Å². The lowest BCUT2D eigenvalue weighted by molar-refractivity contribution is -0.118. The van der Waals surface area contributed by atoms with Gasteiger partial charge in [-0.2, -0.15) is 9.78 Å². The second kappa shape index (κ2) is 11.1. The van der Waals surface area contributed by atoms with Crippen molar-refractivity contribution in [2.45, 2.75) is 0 Å². The molecule has 1 amide bonds. The molecule has 0 spiro atoms. The molecule has 6 aromatic rings. The molecule has 2 aromatic heterocycles. The maximum Gasteiger partial charge on any atom is 0.282 e. The number of ether oxygens (including phenoxy) is 1. The Hall–Kier alpha value is -5.28. The van der Waals surface area contributed by atoms with Gasteiger partial charge >= 0.3 is 0 Å². The third-order valence-electron chi connectivity index (χ3n) is 6.18. The molecule has 41 heavy (non-hydrogen) atoms. The SMILES string of the molecule is O=C(COc1ccc(C=Nn2c(-c3cc4ccccc4o3)nc3ccccc3c2=O)cc1Cl)Nc1ccccc1F. The van der Waals surface area contributed by atoms with E-state index in [2.05, 4.69) is 15.4 Å². The Labute approximate surface area is 237 Å². The number of hydrogen-bond donors (Lipinski definition) is 1. The average Bonchev–Trinajstić information content (AvgIpc) is 3.42. The highest BCUT2D eigenvalue weighted by Crippen LogP contribution is 2.28. The monoisotopic (exact) mass is 566 g/mol. The Kier molecular flexibility index (Phi) is 7.01. The van der Waals surface area contributed by atoms with E-state index in [1.165, 1.54) is 29.1 Å². The quantitative estimate of drug-likeness (QED) is 0.222. The van der Waals surface area contributed by atoms with E-state index in [4.69, 9.17) is 20.8 Å². The number of fused-ring (bicyclic) bond motifs is 2. The van der Waals surface area contributed by atoms with Crippen LogP contribution in [0, 0.1) is 5.82 Å². The number of rotatable bonds is 7. The lowest BCUT2D eigenvalue weighted by Crippen LogP contribution is -2.21. The summed E-state index contributed by atoms with van der Waals surface area (Å²) in [5, 5.41) is 8.36. The van der Waals surface area contributed by atoms with Gasteiger partial charge in [-0.15, -0.1) is 0 Å². The van der Waals surface area contributed by atoms with Gasteiger partial charge in [-0.05, 0) is 60.2 Å². The van der Waals surface area contributed by atoms with Gasteiger partial charge in [-0.1, -0.05) is 54.1 Å². The summed E-state index contributed by atoms with van der Waals surface area (Å²) >= 11 is 6.39. The summed E-state index contributed by atoms with van der Waals surface area (Å²) in [5.41, 5.74) is 1.43. The lowest BCUT2D eigenvalue weighted by Gasteiger charge is -2.10. The molecule has 0 atom stereocenters. The summed E-state index contributed by atoms with van der Waals surface area (Å²) in [4.78, 5) is 30.3. The van der Waals surface area contributed by atoms with Gasteiger partial charge in [0.15, 0.2) is 12.4 Å². The Morgan fingerprint density at radius 3 is 2.63 bits per heavy atom. The zero-order valence-corrected chi connectivity index (χ0v) is 22.0. The van der Waals surface area contributed by atoms with Gasteiger partial charge in [0.2, 0.25) is 5.82 Å². The first-order valence-electron chi connectivity index (χ1n) is 12.5. The molecule has 6 rings (SSSR count). The molecule has 0 bridgehead atoms. The van der Waals surface area contributed by atoms with E-state index in [1.807, 2.05) is 30.3 Å². The largest absolute Gasteiger partial charge is 0.482 e. The van der Waals surface area contributed by atoms with E-state index in [0.717, 1.165) is 5.39 Å². The maximum absolute atomic E-state index is 13.8. The number of hydrogen-bond acceptors (Lipinski definition) is 6. The van der Waals surface area contributed by atoms with Crippen molar-refractivity contribution in [1.82, 2.24) is 9.66 Å². The minimum Gasteiger partial charge on any atom is -0.482 e. The molecule has 10 heteroatoms. The number of carbonyl (C=O) groups is 1. The summed E-state index contributed by atoms with van der Waals surface area (Å²) in [6, 6.07) is 27.0. The molecule has 4 aromatic carbocycles. The number of nitrogens with zero attached hydrogens (tertiary/aromatic N) is 3. The van der Waals surface area contributed by atoms with Crippen LogP contribution in [-0.2, 0) is 4.79 Å². The smallest absolute Gasteiger partial charge is 0.282 e. The van der Waals surface area contributed by atoms with Crippen LogP contribution in [0.15, 0.2) is 111 Å². The number of benzene rings is 4. The average molecular weight is 567 g/mol. The van der Waals surface area contributed by atoms with Crippen LogP contribution in [0.2, 0.25) is 5.02 Å². The van der Waals surface area contributed by atoms with Gasteiger partial charge in [0, 0.05) is 5.39 Å². The van der Waals surface area contributed by atoms with Crippen molar-refractivity contribution in [3.05, 3.63) is 124 Å². The van der Waals surface area contributed by atoms with Crippen LogP contribution in [0.25, 0.3) is 33.5 Å². The van der Waals surface area contributed by atoms with E-state index >= 15 is 0 Å². The normalized spacial score (nSPS) is 11.4. The number of para-hydroxylation sites is 3. The van der Waals surface area contributed by atoms with Crippen molar-refractivity contribution < 1.29 is 18.3 Å². The number of nitrogens with one attached hydrogen (secondary N) is 1. The fraction of sp³-hybridized carbons (Fsp3) is 0.0323. The van der Waals surface area contributed by atoms with Gasteiger partial charge in [0.05, 0.1) is 27.8 Å². The fourth-order valence-corrected chi connectivity index (χ4v) is 4.46. The standard InChI is InChI=1S/C31H20ClFN4O4/c32-22-15-19(13-14-27(22)40-18-29(38)35-25-11-5-3-9-23(25)33)17-34-37-30(28-16-20-7-1-6-12-26(20)41-28)36-24-10-4-2-8-21(24)31(37)39/h1-17H,18H2,(H,35,38). The Morgan fingerprint density at radius 2 is 1.80 bits per heavy atom. The summed E-state index contributed by atoms with van der Waals surface area (Å²) < 4.78 is 26.5. The predicted molar refractivity (Wildman–Crippen MR) is 156 cm³/mol. The van der Waals surface area contributed by atoms with Gasteiger partial charge in [0.1, 0.15) is 17.1 Å². The minimum atomic E-state index is -0.549. The lowest BCUT2D eigenvalue weighted by atomic mass is 10.2. The molecule has 0 aliphatic carbocycles. The topological polar surface area (TPSA) is 98.7 Å². The molecule has 202 valence electrons. The molecule has 0 aliphatic heterocycles. The molecule has 0 unspecified atom stereocenters. The molecule has 1 N–H and O–H groups in total. The number of anilines is 1. The van der Waals surface area contributed by atoms with Crippen LogP contribution in [0.5, 0.6) is 5.75 Å². The molecule has 0 radical (unpaired) electrons. The van der Waals surface area contributed by atoms with Crippen LogP contribution in [0.1, 0.15) is 5.56 Å². The van der Waals surface area contributed by atoms with E-state index in [9.17, 15) is 14.0 Å². The number of furan rings is 1. The van der Waals surface area contributed by atoms with Crippen LogP contribution < -0.4 is 15.6 Å². The van der Waals surface area contributed by atoms with Gasteiger partial charge in [-0.25, -0.2) is 9.37 Å². The van der Waals surface area contributed by atoms with Crippen molar-refractivity contribution in [2.75, 3.05) is 11.9 Å². The van der Waals surface area contributed by atoms with Crippen LogP contribution in [-0.4, -0.2) is 28.4 Å². The highest BCUT2D eigenvalue weighted by atomic mass is 35.5. The highest BCUT2D eigenvalue weighted by molar-refractivity contribution is 6.32. The van der Waals surface area contributed by atoms with E-state index in [0.29, 0.717) is 27.8 Å². The molecule has 2 heterocycles. The van der Waals surface area contributed by atoms with E-state index in [-0.39, 0.29) is 34.5 Å². The first kappa shape index (κ1) is 26.0. The zero-order valence-electron chi connectivity index (χ0n) is 21.3. The Bertz CT molecular complexity index is 1980. The number of halogens is 2. The first-order valence-corrected chi connectivity index (χ1v) is 12.9. The van der Waals surface area contributed by atoms with Crippen molar-refractivity contribution >= 4 is 51.3 Å². The third kappa shape index (κ3) is 5.43. The Balaban J connectivity index is 1.26. The summed E-state index contributed by atoms with van der Waals surface area (Å²) in [7, 11) is 0. The van der Waals surface area contributed by atoms with Crippen LogP contribution in [0.3, 0.4) is 0 Å². The maximum atomic E-state index is 13.8. The predicted octanol–water partition coefficient (Wildman–Crippen LogP) is 6.50. The number of amides is 1. The van der Waals surface area contributed by atoms with E-state index < -0.39 is 11.7 Å². The van der Waals surface area contributed by atoms with Crippen LogP contribution in [0.4, 0.5) is 10.1 Å². The summed E-state index contributed by atoms with van der Waals surface area (Å²) in [6.45, 7) is -0.375. The van der Waals surface area contributed by atoms with Crippen molar-refractivity contribution in [1.29, 1.82) is 0 Å². The highest BCUT2D eigenvalue weighted by Gasteiger charge is 2.16. The fourth-order valence-electron chi connectivity index (χ4n) is 4.21. The number of carbonyl (C=O) groups excluding carboxylic acids is 1. The zero-order chi connectivity index (χ0) is 28.3. The van der Waals surface area contributed by atoms with Crippen molar-refractivity contribution in [3.8, 4) is 17.3 Å². The molecule has 0 fully saturated rings. The van der Waals surface area contributed by atoms with Gasteiger partial charge < -0.3 is 14.5 Å². The second-order valence-corrected chi connectivity index (χ2v) is 9.38. The second-order valence-electron chi connectivity index (χ2n) is 8.97. The summed E-state index contributed by atoms with van der Waals surface area (Å²) in [5.74, 6) is -0.209. The Morgan fingerprint density at radius 1 is 1.02 bits per heavy atom. The molecule has 0 aliphatic rings. The number of aromatic nitrogens is 2. The minimum absolute atomic E-state index is 0.0548. The van der Waals surface area contributed by atoms with Crippen molar-refractivity contribution in [3.63, 3.8) is 0 Å². The molecule has 8 nitrogen and oxygen atoms in total.